The van der Waals surface area contributed by atoms with E-state index in [9.17, 15) is 4.57 Å². The molecule has 0 aromatic rings. The summed E-state index contributed by atoms with van der Waals surface area (Å²) < 4.78 is 11.3. The van der Waals surface area contributed by atoms with E-state index in [1.54, 1.807) is 0 Å². The van der Waals surface area contributed by atoms with Crippen molar-refractivity contribution in [2.45, 2.75) is 0 Å². The number of hydrogen-bond donors (Lipinski definition) is 2. The van der Waals surface area contributed by atoms with Crippen molar-refractivity contribution in [3.05, 3.63) is 0 Å². The molecular formula is C4H10BrCl2N2OP. The fraction of sp³-hybridized carbons (Fsp3) is 1.00. The summed E-state index contributed by atoms with van der Waals surface area (Å²) in [6.07, 6.45) is -2.58. The molecule has 0 aromatic carbocycles. The number of halogens is 3. The maximum Gasteiger partial charge on any atom is 0.274 e. The zero-order valence-electron chi connectivity index (χ0n) is 5.82. The zero-order chi connectivity index (χ0) is 8.74. The van der Waals surface area contributed by atoms with Gasteiger partial charge in [-0.25, -0.2) is 10.2 Å². The highest BCUT2D eigenvalue weighted by atomic mass is 79.9. The van der Waals surface area contributed by atoms with Crippen molar-refractivity contribution in [2.24, 2.45) is 0 Å². The average Bonchev–Trinajstić information content (AvgIpc) is 1.97. The molecule has 68 valence electrons. The fourth-order valence-corrected chi connectivity index (χ4v) is 2.86. The van der Waals surface area contributed by atoms with Gasteiger partial charge in [-0.2, -0.15) is 0 Å². The molecule has 0 fully saturated rings. The molecule has 0 aliphatic carbocycles. The topological polar surface area (TPSA) is 41.1 Å². The minimum absolute atomic E-state index is 0.429. The van der Waals surface area contributed by atoms with Crippen LogP contribution in [0.5, 0.6) is 0 Å². The molecule has 2 N–H and O–H groups in total. The number of alkyl halides is 2. The van der Waals surface area contributed by atoms with E-state index in [2.05, 4.69) is 25.7 Å². The van der Waals surface area contributed by atoms with Crippen molar-refractivity contribution in [1.82, 2.24) is 10.2 Å². The van der Waals surface area contributed by atoms with Crippen LogP contribution in [0.4, 0.5) is 0 Å². The largest absolute Gasteiger partial charge is 0.277 e. The Bertz CT molecular complexity index is 136. The maximum atomic E-state index is 11.3. The molecule has 0 aromatic heterocycles. The first-order valence-corrected chi connectivity index (χ1v) is 7.83. The molecule has 0 heterocycles. The van der Waals surface area contributed by atoms with E-state index in [0.29, 0.717) is 24.8 Å². The van der Waals surface area contributed by atoms with Crippen LogP contribution in [0.3, 0.4) is 0 Å². The van der Waals surface area contributed by atoms with E-state index >= 15 is 0 Å². The van der Waals surface area contributed by atoms with Crippen LogP contribution < -0.4 is 10.2 Å². The lowest BCUT2D eigenvalue weighted by molar-refractivity contribution is 0.569. The van der Waals surface area contributed by atoms with Crippen LogP contribution in [-0.4, -0.2) is 24.8 Å². The van der Waals surface area contributed by atoms with Gasteiger partial charge >= 0.3 is 0 Å². The zero-order valence-corrected chi connectivity index (χ0v) is 9.81. The van der Waals surface area contributed by atoms with Crippen molar-refractivity contribution in [1.29, 1.82) is 0 Å². The van der Waals surface area contributed by atoms with Crippen molar-refractivity contribution < 1.29 is 4.57 Å². The first-order valence-electron chi connectivity index (χ1n) is 3.04. The summed E-state index contributed by atoms with van der Waals surface area (Å²) in [7, 11) is 0. The number of rotatable bonds is 6. The molecular weight excluding hydrogens is 274 g/mol. The van der Waals surface area contributed by atoms with Gasteiger partial charge in [0.1, 0.15) is 0 Å². The van der Waals surface area contributed by atoms with Gasteiger partial charge in [0.2, 0.25) is 0 Å². The summed E-state index contributed by atoms with van der Waals surface area (Å²) in [6, 6.07) is 0. The SMILES string of the molecule is O=P(Br)(NCCCl)NCCCl. The van der Waals surface area contributed by atoms with Crippen LogP contribution in [0.25, 0.3) is 0 Å². The Kier molecular flexibility index (Phi) is 7.43. The summed E-state index contributed by atoms with van der Waals surface area (Å²) in [5, 5.41) is 5.43. The summed E-state index contributed by atoms with van der Waals surface area (Å²) in [5.74, 6) is 0.857. The minimum Gasteiger partial charge on any atom is -0.277 e. The van der Waals surface area contributed by atoms with Crippen molar-refractivity contribution in [3.8, 4) is 0 Å². The standard InChI is InChI=1S/C4H10BrCl2N2OP/c5-11(10,8-3-1-6)9-4-2-7/h1-4H2,(H2,8,9,10). The second-order valence-electron chi connectivity index (χ2n) is 1.73. The lowest BCUT2D eigenvalue weighted by Gasteiger charge is -2.11. The van der Waals surface area contributed by atoms with Gasteiger partial charge in [-0.1, -0.05) is 0 Å². The second-order valence-corrected chi connectivity index (χ2v) is 7.18. The smallest absolute Gasteiger partial charge is 0.274 e. The molecule has 0 spiro atoms. The van der Waals surface area contributed by atoms with Crippen molar-refractivity contribution >= 4 is 44.8 Å². The fourth-order valence-electron chi connectivity index (χ4n) is 0.428. The lowest BCUT2D eigenvalue weighted by Crippen LogP contribution is -2.21. The average molecular weight is 284 g/mol. The molecule has 0 atom stereocenters. The van der Waals surface area contributed by atoms with Gasteiger partial charge in [-0.05, 0) is 0 Å². The van der Waals surface area contributed by atoms with Gasteiger partial charge in [0.25, 0.3) is 6.15 Å². The Balaban J connectivity index is 3.53. The Morgan fingerprint density at radius 2 is 1.55 bits per heavy atom. The Morgan fingerprint density at radius 3 is 1.82 bits per heavy atom. The summed E-state index contributed by atoms with van der Waals surface area (Å²) in [5.41, 5.74) is 0. The van der Waals surface area contributed by atoms with Gasteiger partial charge in [0.15, 0.2) is 0 Å². The third kappa shape index (κ3) is 7.57. The molecule has 0 amide bonds. The first-order chi connectivity index (χ1) is 5.12. The monoisotopic (exact) mass is 282 g/mol. The minimum atomic E-state index is -2.58. The summed E-state index contributed by atoms with van der Waals surface area (Å²) >= 11 is 13.8. The Morgan fingerprint density at radius 1 is 1.18 bits per heavy atom. The van der Waals surface area contributed by atoms with E-state index in [4.69, 9.17) is 23.2 Å². The van der Waals surface area contributed by atoms with Crippen LogP contribution in [0, 0.1) is 0 Å². The Hall–Kier alpha value is 1.21. The lowest BCUT2D eigenvalue weighted by atomic mass is 10.8. The molecule has 0 rings (SSSR count). The predicted octanol–water partition coefficient (Wildman–Crippen LogP) is 2.15. The molecule has 0 radical (unpaired) electrons. The summed E-state index contributed by atoms with van der Waals surface area (Å²) in [4.78, 5) is 0. The van der Waals surface area contributed by atoms with E-state index in [1.807, 2.05) is 0 Å². The van der Waals surface area contributed by atoms with Gasteiger partial charge in [-0.3, -0.25) is 4.57 Å². The van der Waals surface area contributed by atoms with Crippen LogP contribution in [0.15, 0.2) is 0 Å². The van der Waals surface area contributed by atoms with E-state index in [1.165, 1.54) is 0 Å². The van der Waals surface area contributed by atoms with Crippen molar-refractivity contribution in [3.63, 3.8) is 0 Å². The normalized spacial score (nSPS) is 11.9. The third-order valence-corrected chi connectivity index (χ3v) is 3.96. The highest BCUT2D eigenvalue weighted by molar-refractivity contribution is 9.40. The van der Waals surface area contributed by atoms with E-state index in [0.717, 1.165) is 0 Å². The Labute approximate surface area is 84.4 Å². The van der Waals surface area contributed by atoms with Crippen LogP contribution in [0.2, 0.25) is 0 Å². The molecule has 11 heavy (non-hydrogen) atoms. The second kappa shape index (κ2) is 6.70. The molecule has 0 bridgehead atoms. The summed E-state index contributed by atoms with van der Waals surface area (Å²) in [6.45, 7) is 0.999. The van der Waals surface area contributed by atoms with Crippen LogP contribution >= 0.6 is 44.8 Å². The van der Waals surface area contributed by atoms with E-state index < -0.39 is 6.15 Å². The van der Waals surface area contributed by atoms with Gasteiger partial charge in [0.05, 0.1) is 0 Å². The molecule has 7 heteroatoms. The molecule has 0 saturated carbocycles. The number of nitrogens with one attached hydrogen (secondary N) is 2. The molecule has 0 unspecified atom stereocenters. The molecule has 0 saturated heterocycles. The maximum absolute atomic E-state index is 11.3. The van der Waals surface area contributed by atoms with Gasteiger partial charge in [-0.15, -0.1) is 23.2 Å². The van der Waals surface area contributed by atoms with E-state index in [-0.39, 0.29) is 0 Å². The quantitative estimate of drug-likeness (QED) is 0.580. The van der Waals surface area contributed by atoms with Gasteiger partial charge < -0.3 is 0 Å². The third-order valence-electron chi connectivity index (χ3n) is 0.819. The first kappa shape index (κ1) is 12.2. The molecule has 0 aliphatic heterocycles. The molecule has 0 aliphatic rings. The predicted molar refractivity (Wildman–Crippen MR) is 54.0 cm³/mol. The highest BCUT2D eigenvalue weighted by Crippen LogP contribution is 2.44. The highest BCUT2D eigenvalue weighted by Gasteiger charge is 2.13. The van der Waals surface area contributed by atoms with Crippen LogP contribution in [0.1, 0.15) is 0 Å². The van der Waals surface area contributed by atoms with Crippen LogP contribution in [-0.2, 0) is 4.57 Å². The van der Waals surface area contributed by atoms with Crippen molar-refractivity contribution in [2.75, 3.05) is 24.8 Å². The number of hydrogen-bond acceptors (Lipinski definition) is 1. The van der Waals surface area contributed by atoms with Gasteiger partial charge in [0, 0.05) is 40.3 Å². The molecule has 3 nitrogen and oxygen atoms in total.